The summed E-state index contributed by atoms with van der Waals surface area (Å²) < 4.78 is 9.17. The van der Waals surface area contributed by atoms with E-state index in [4.69, 9.17) is 4.42 Å². The highest BCUT2D eigenvalue weighted by atomic mass is 16.3. The second kappa shape index (κ2) is 9.31. The fourth-order valence-electron chi connectivity index (χ4n) is 7.65. The predicted octanol–water partition coefficient (Wildman–Crippen LogP) is 10.6. The minimum atomic E-state index is -0.0631. The van der Waals surface area contributed by atoms with Gasteiger partial charge in [-0.1, -0.05) is 91.8 Å². The molecule has 0 N–H and O–H groups in total. The van der Waals surface area contributed by atoms with Crippen LogP contribution in [0.2, 0.25) is 0 Å². The van der Waals surface area contributed by atoms with Gasteiger partial charge in [-0.2, -0.15) is 0 Å². The highest BCUT2D eigenvalue weighted by Gasteiger charge is 2.47. The maximum absolute atomic E-state index is 6.94. The lowest BCUT2D eigenvalue weighted by Crippen LogP contribution is -2.35. The highest BCUT2D eigenvalue weighted by molar-refractivity contribution is 6.11. The third kappa shape index (κ3) is 4.60. The van der Waals surface area contributed by atoms with Crippen molar-refractivity contribution in [2.75, 3.05) is 0 Å². The molecule has 0 bridgehead atoms. The first-order valence-corrected chi connectivity index (χ1v) is 15.3. The molecule has 2 nitrogen and oxygen atoms in total. The smallest absolute Gasteiger partial charge is 0.216 e. The summed E-state index contributed by atoms with van der Waals surface area (Å²) in [6.45, 7) is 21.0. The first-order chi connectivity index (χ1) is 19.2. The summed E-state index contributed by atoms with van der Waals surface area (Å²) in [5.74, 6) is 0.465. The minimum Gasteiger partial charge on any atom is -0.455 e. The molecule has 0 saturated carbocycles. The topological polar surface area (TPSA) is 17.0 Å². The van der Waals surface area contributed by atoms with Crippen LogP contribution in [0.25, 0.3) is 44.3 Å². The number of aryl methyl sites for hydroxylation is 2. The fourth-order valence-corrected chi connectivity index (χ4v) is 7.65. The Morgan fingerprint density at radius 2 is 1.46 bits per heavy atom. The fraction of sp³-hybridized carbons (Fsp3) is 0.410. The lowest BCUT2D eigenvalue weighted by atomic mass is 9.62. The molecule has 2 heteroatoms. The predicted molar refractivity (Wildman–Crippen MR) is 174 cm³/mol. The number of hydrogen-bond donors (Lipinski definition) is 0. The van der Waals surface area contributed by atoms with Crippen LogP contribution in [0.4, 0.5) is 0 Å². The molecular formula is C39H46NO+. The number of aromatic nitrogens is 1. The molecule has 2 aromatic heterocycles. The van der Waals surface area contributed by atoms with Gasteiger partial charge in [0, 0.05) is 28.3 Å². The van der Waals surface area contributed by atoms with Crippen molar-refractivity contribution in [2.45, 2.75) is 86.5 Å². The van der Waals surface area contributed by atoms with E-state index in [1.165, 1.54) is 55.4 Å². The van der Waals surface area contributed by atoms with E-state index in [1.807, 2.05) is 0 Å². The number of benzene rings is 3. The zero-order valence-corrected chi connectivity index (χ0v) is 26.7. The summed E-state index contributed by atoms with van der Waals surface area (Å²) in [5, 5.41) is 2.40. The van der Waals surface area contributed by atoms with E-state index < -0.39 is 0 Å². The average Bonchev–Trinajstić information content (AvgIpc) is 3.34. The Balaban J connectivity index is 1.67. The van der Waals surface area contributed by atoms with Crippen LogP contribution in [0.1, 0.15) is 96.4 Å². The molecule has 0 amide bonds. The Morgan fingerprint density at radius 3 is 2.12 bits per heavy atom. The number of furan rings is 1. The van der Waals surface area contributed by atoms with Crippen LogP contribution in [-0.4, -0.2) is 0 Å². The Morgan fingerprint density at radius 1 is 0.780 bits per heavy atom. The lowest BCUT2D eigenvalue weighted by Gasteiger charge is -2.42. The molecule has 0 aliphatic heterocycles. The largest absolute Gasteiger partial charge is 0.455 e. The molecule has 0 saturated heterocycles. The van der Waals surface area contributed by atoms with Gasteiger partial charge in [-0.3, -0.25) is 0 Å². The number of pyridine rings is 1. The van der Waals surface area contributed by atoms with Crippen molar-refractivity contribution in [3.05, 3.63) is 89.1 Å². The Labute approximate surface area is 246 Å². The molecule has 0 fully saturated rings. The van der Waals surface area contributed by atoms with E-state index >= 15 is 0 Å². The van der Waals surface area contributed by atoms with Gasteiger partial charge in [-0.25, -0.2) is 4.57 Å². The van der Waals surface area contributed by atoms with Gasteiger partial charge >= 0.3 is 0 Å². The van der Waals surface area contributed by atoms with Crippen molar-refractivity contribution < 1.29 is 8.98 Å². The van der Waals surface area contributed by atoms with Crippen LogP contribution >= 0.6 is 0 Å². The van der Waals surface area contributed by atoms with Gasteiger partial charge in [0.15, 0.2) is 6.20 Å². The second-order valence-electron chi connectivity index (χ2n) is 15.3. The van der Waals surface area contributed by atoms with Crippen molar-refractivity contribution in [3.8, 4) is 22.4 Å². The van der Waals surface area contributed by atoms with E-state index in [1.54, 1.807) is 0 Å². The molecule has 3 aromatic carbocycles. The van der Waals surface area contributed by atoms with Crippen molar-refractivity contribution >= 4 is 21.9 Å². The molecule has 5 aromatic rings. The average molecular weight is 545 g/mol. The van der Waals surface area contributed by atoms with Crippen LogP contribution < -0.4 is 4.57 Å². The molecule has 1 aliphatic carbocycles. The van der Waals surface area contributed by atoms with E-state index in [-0.39, 0.29) is 16.2 Å². The molecule has 1 aliphatic rings. The second-order valence-corrected chi connectivity index (χ2v) is 15.3. The van der Waals surface area contributed by atoms with Crippen LogP contribution in [0, 0.1) is 17.8 Å². The lowest BCUT2D eigenvalue weighted by molar-refractivity contribution is -0.660. The Bertz CT molecular complexity index is 1790. The van der Waals surface area contributed by atoms with E-state index in [2.05, 4.69) is 141 Å². The van der Waals surface area contributed by atoms with Crippen molar-refractivity contribution in [3.63, 3.8) is 0 Å². The molecular weight excluding hydrogens is 498 g/mol. The molecule has 41 heavy (non-hydrogen) atoms. The summed E-state index contributed by atoms with van der Waals surface area (Å²) in [6.07, 6.45) is 4.37. The Hall–Kier alpha value is -3.39. The summed E-state index contributed by atoms with van der Waals surface area (Å²) in [5.41, 5.74) is 12.9. The van der Waals surface area contributed by atoms with Gasteiger partial charge in [-0.15, -0.1) is 0 Å². The number of nitrogens with zero attached hydrogens (tertiary/aromatic N) is 1. The third-order valence-electron chi connectivity index (χ3n) is 9.00. The third-order valence-corrected chi connectivity index (χ3v) is 9.00. The van der Waals surface area contributed by atoms with E-state index in [0.717, 1.165) is 24.0 Å². The number of fused-ring (bicyclic) bond motifs is 6. The number of rotatable bonds is 4. The molecule has 6 rings (SSSR count). The van der Waals surface area contributed by atoms with E-state index in [9.17, 15) is 0 Å². The quantitative estimate of drug-likeness (QED) is 0.206. The van der Waals surface area contributed by atoms with Crippen molar-refractivity contribution in [1.82, 2.24) is 0 Å². The first kappa shape index (κ1) is 27.8. The van der Waals surface area contributed by atoms with Gasteiger partial charge in [0.2, 0.25) is 5.69 Å². The molecule has 0 unspecified atom stereocenters. The standard InChI is InChI=1S/C39H46NO/c1-24(2)26-17-18-40(10)33(19-26)35-25(3)15-16-28-30-20-29-27-13-11-12-14-31(27)39(22-37(4,5)6,23-38(7,8)9)32(29)21-34(30)41-36(28)35/h11-21,24H,22-23H2,1-10H3/q+1. The summed E-state index contributed by atoms with van der Waals surface area (Å²) >= 11 is 0. The summed E-state index contributed by atoms with van der Waals surface area (Å²) in [6, 6.07) is 23.1. The van der Waals surface area contributed by atoms with Gasteiger partial charge in [0.1, 0.15) is 18.2 Å². The maximum atomic E-state index is 6.94. The van der Waals surface area contributed by atoms with Crippen LogP contribution in [0.5, 0.6) is 0 Å². The Kier molecular flexibility index (Phi) is 6.31. The van der Waals surface area contributed by atoms with Gasteiger partial charge in [0.05, 0.1) is 5.56 Å². The van der Waals surface area contributed by atoms with Crippen LogP contribution in [0.15, 0.2) is 71.3 Å². The minimum absolute atomic E-state index is 0.0631. The highest BCUT2D eigenvalue weighted by Crippen LogP contribution is 2.59. The zero-order chi connectivity index (χ0) is 29.5. The maximum Gasteiger partial charge on any atom is 0.216 e. The SMILES string of the molecule is Cc1ccc2c(oc3cc4c(cc32)-c2ccccc2C4(CC(C)(C)C)CC(C)(C)C)c1-c1cc(C(C)C)cc[n+]1C. The van der Waals surface area contributed by atoms with Gasteiger partial charge < -0.3 is 4.42 Å². The van der Waals surface area contributed by atoms with Crippen LogP contribution in [0.3, 0.4) is 0 Å². The zero-order valence-electron chi connectivity index (χ0n) is 26.7. The summed E-state index contributed by atoms with van der Waals surface area (Å²) in [4.78, 5) is 0. The van der Waals surface area contributed by atoms with Crippen molar-refractivity contribution in [2.24, 2.45) is 17.9 Å². The van der Waals surface area contributed by atoms with Gasteiger partial charge in [-0.05, 0) is 82.0 Å². The molecule has 0 spiro atoms. The number of hydrogen-bond acceptors (Lipinski definition) is 1. The molecule has 212 valence electrons. The molecule has 0 atom stereocenters. The van der Waals surface area contributed by atoms with Crippen molar-refractivity contribution in [1.29, 1.82) is 0 Å². The van der Waals surface area contributed by atoms with E-state index in [0.29, 0.717) is 5.92 Å². The van der Waals surface area contributed by atoms with Crippen LogP contribution in [-0.2, 0) is 12.5 Å². The normalized spacial score (nSPS) is 14.7. The summed E-state index contributed by atoms with van der Waals surface area (Å²) in [7, 11) is 2.14. The van der Waals surface area contributed by atoms with Gasteiger partial charge in [0.25, 0.3) is 0 Å². The monoisotopic (exact) mass is 544 g/mol. The first-order valence-electron chi connectivity index (χ1n) is 15.3. The molecule has 0 radical (unpaired) electrons. The molecule has 2 heterocycles.